The van der Waals surface area contributed by atoms with Crippen LogP contribution in [0.25, 0.3) is 0 Å². The van der Waals surface area contributed by atoms with E-state index in [9.17, 15) is 13.6 Å². The molecule has 0 bridgehead atoms. The van der Waals surface area contributed by atoms with Gasteiger partial charge in [0.1, 0.15) is 0 Å². The molecular weight excluding hydrogens is 166 g/mol. The van der Waals surface area contributed by atoms with Crippen LogP contribution in [0.2, 0.25) is 0 Å². The molecule has 1 amide bonds. The summed E-state index contributed by atoms with van der Waals surface area (Å²) in [6, 6.07) is 0. The molecule has 0 rings (SSSR count). The molecule has 0 heterocycles. The van der Waals surface area contributed by atoms with Crippen molar-refractivity contribution in [3.05, 3.63) is 0 Å². The molecule has 0 fully saturated rings. The van der Waals surface area contributed by atoms with Gasteiger partial charge >= 0.3 is 6.43 Å². The van der Waals surface area contributed by atoms with E-state index in [2.05, 4.69) is 5.32 Å². The highest BCUT2D eigenvalue weighted by molar-refractivity contribution is 5.78. The lowest BCUT2D eigenvalue weighted by atomic mass is 10.4. The lowest BCUT2D eigenvalue weighted by Gasteiger charge is -2.09. The number of hydrogen-bond donors (Lipinski definition) is 1. The van der Waals surface area contributed by atoms with Crippen LogP contribution in [0, 0.1) is 0 Å². The van der Waals surface area contributed by atoms with E-state index < -0.39 is 12.3 Å². The Labute approximate surface area is 70.7 Å². The number of carbonyl (C=O) groups excluding carboxylic acids is 1. The number of rotatable bonds is 5. The van der Waals surface area contributed by atoms with E-state index in [0.29, 0.717) is 13.0 Å². The van der Waals surface area contributed by atoms with Gasteiger partial charge in [-0.3, -0.25) is 4.79 Å². The van der Waals surface area contributed by atoms with Crippen LogP contribution >= 0.6 is 0 Å². The van der Waals surface area contributed by atoms with Crippen LogP contribution in [-0.4, -0.2) is 44.4 Å². The first-order valence-electron chi connectivity index (χ1n) is 3.74. The number of carbonyl (C=O) groups is 1. The maximum atomic E-state index is 11.6. The molecular formula is C7H14F2N2O. The summed E-state index contributed by atoms with van der Waals surface area (Å²) in [6.07, 6.45) is -2.21. The number of nitrogens with zero attached hydrogens (tertiary/aromatic N) is 1. The zero-order valence-electron chi connectivity index (χ0n) is 7.31. The van der Waals surface area contributed by atoms with Crippen LogP contribution in [0.5, 0.6) is 0 Å². The number of nitrogens with one attached hydrogen (secondary N) is 1. The van der Waals surface area contributed by atoms with E-state index >= 15 is 0 Å². The fourth-order valence-electron chi connectivity index (χ4n) is 0.684. The summed E-state index contributed by atoms with van der Waals surface area (Å²) in [5.41, 5.74) is 0. The third kappa shape index (κ3) is 6.03. The number of halogens is 2. The van der Waals surface area contributed by atoms with Crippen LogP contribution in [0.3, 0.4) is 0 Å². The van der Waals surface area contributed by atoms with Crippen LogP contribution in [-0.2, 0) is 4.79 Å². The molecule has 0 radical (unpaired) electrons. The summed E-state index contributed by atoms with van der Waals surface area (Å²) in [7, 11) is 3.77. The van der Waals surface area contributed by atoms with Crippen LogP contribution in [0.4, 0.5) is 8.78 Å². The number of hydrogen-bond acceptors (Lipinski definition) is 2. The topological polar surface area (TPSA) is 32.3 Å². The predicted octanol–water partition coefficient (Wildman–Crippen LogP) is 0.319. The highest BCUT2D eigenvalue weighted by atomic mass is 19.3. The van der Waals surface area contributed by atoms with E-state index in [-0.39, 0.29) is 0 Å². The monoisotopic (exact) mass is 180 g/mol. The molecule has 0 unspecified atom stereocenters. The second-order valence-corrected chi connectivity index (χ2v) is 2.75. The van der Waals surface area contributed by atoms with Crippen LogP contribution in [0.1, 0.15) is 6.42 Å². The quantitative estimate of drug-likeness (QED) is 0.618. The van der Waals surface area contributed by atoms with Gasteiger partial charge in [-0.2, -0.15) is 8.78 Å². The Morgan fingerprint density at radius 3 is 2.50 bits per heavy atom. The van der Waals surface area contributed by atoms with Crippen molar-refractivity contribution in [3.8, 4) is 0 Å². The minimum Gasteiger partial charge on any atom is -0.351 e. The van der Waals surface area contributed by atoms with Gasteiger partial charge in [0, 0.05) is 6.54 Å². The number of alkyl halides is 2. The van der Waals surface area contributed by atoms with Crippen molar-refractivity contribution in [1.29, 1.82) is 0 Å². The van der Waals surface area contributed by atoms with Gasteiger partial charge in [0.05, 0.1) is 0 Å². The normalized spacial score (nSPS) is 10.8. The molecule has 72 valence electrons. The molecule has 0 aromatic heterocycles. The number of amides is 1. The van der Waals surface area contributed by atoms with Gasteiger partial charge in [-0.05, 0) is 27.1 Å². The Balaban J connectivity index is 3.26. The maximum absolute atomic E-state index is 11.6. The van der Waals surface area contributed by atoms with Crippen molar-refractivity contribution in [1.82, 2.24) is 10.2 Å². The van der Waals surface area contributed by atoms with E-state index in [1.807, 2.05) is 19.0 Å². The third-order valence-corrected chi connectivity index (χ3v) is 1.28. The molecule has 0 spiro atoms. The van der Waals surface area contributed by atoms with Gasteiger partial charge < -0.3 is 10.2 Å². The predicted molar refractivity (Wildman–Crippen MR) is 42.2 cm³/mol. The summed E-state index contributed by atoms with van der Waals surface area (Å²) < 4.78 is 23.2. The first-order valence-corrected chi connectivity index (χ1v) is 3.74. The minimum atomic E-state index is -2.90. The van der Waals surface area contributed by atoms with Crippen molar-refractivity contribution in [2.45, 2.75) is 12.8 Å². The first kappa shape index (κ1) is 11.3. The molecule has 0 atom stereocenters. The molecule has 12 heavy (non-hydrogen) atoms. The molecule has 1 N–H and O–H groups in total. The fraction of sp³-hybridized carbons (Fsp3) is 0.857. The third-order valence-electron chi connectivity index (χ3n) is 1.28. The zero-order chi connectivity index (χ0) is 9.56. The van der Waals surface area contributed by atoms with Gasteiger partial charge in [0.15, 0.2) is 0 Å². The Kier molecular flexibility index (Phi) is 5.53. The molecule has 0 aromatic carbocycles. The highest BCUT2D eigenvalue weighted by Crippen LogP contribution is 1.90. The van der Waals surface area contributed by atoms with Crippen molar-refractivity contribution in [2.24, 2.45) is 0 Å². The molecule has 0 aliphatic rings. The smallest absolute Gasteiger partial charge is 0.315 e. The van der Waals surface area contributed by atoms with Crippen molar-refractivity contribution in [3.63, 3.8) is 0 Å². The van der Waals surface area contributed by atoms with Crippen molar-refractivity contribution in [2.75, 3.05) is 27.2 Å². The Hall–Kier alpha value is -0.710. The lowest BCUT2D eigenvalue weighted by molar-refractivity contribution is -0.131. The Morgan fingerprint density at radius 1 is 1.50 bits per heavy atom. The van der Waals surface area contributed by atoms with Crippen LogP contribution < -0.4 is 5.32 Å². The molecule has 0 saturated heterocycles. The minimum absolute atomic E-state index is 0.307. The van der Waals surface area contributed by atoms with Gasteiger partial charge in [-0.25, -0.2) is 0 Å². The summed E-state index contributed by atoms with van der Waals surface area (Å²) >= 11 is 0. The molecule has 0 aliphatic carbocycles. The zero-order valence-corrected chi connectivity index (χ0v) is 7.31. The molecule has 0 saturated carbocycles. The van der Waals surface area contributed by atoms with E-state index in [1.165, 1.54) is 0 Å². The van der Waals surface area contributed by atoms with E-state index in [0.717, 1.165) is 6.54 Å². The average Bonchev–Trinajstić information content (AvgIpc) is 1.97. The van der Waals surface area contributed by atoms with Gasteiger partial charge in [0.25, 0.3) is 5.91 Å². The van der Waals surface area contributed by atoms with E-state index in [1.54, 1.807) is 0 Å². The highest BCUT2D eigenvalue weighted by Gasteiger charge is 2.13. The van der Waals surface area contributed by atoms with Gasteiger partial charge in [-0.15, -0.1) is 0 Å². The van der Waals surface area contributed by atoms with Gasteiger partial charge in [0.2, 0.25) is 0 Å². The summed E-state index contributed by atoms with van der Waals surface area (Å²) in [6.45, 7) is 1.09. The van der Waals surface area contributed by atoms with Crippen molar-refractivity contribution >= 4 is 5.91 Å². The first-order chi connectivity index (χ1) is 5.54. The second kappa shape index (κ2) is 5.88. The standard InChI is InChI=1S/C7H14F2N2O/c1-11(2)5-3-4-10-7(12)6(8)9/h6H,3-5H2,1-2H3,(H,10,12). The fourth-order valence-corrected chi connectivity index (χ4v) is 0.684. The molecule has 0 aromatic rings. The molecule has 3 nitrogen and oxygen atoms in total. The maximum Gasteiger partial charge on any atom is 0.315 e. The lowest BCUT2D eigenvalue weighted by Crippen LogP contribution is -2.31. The summed E-state index contributed by atoms with van der Waals surface area (Å²) in [4.78, 5) is 12.2. The molecule has 5 heteroatoms. The Morgan fingerprint density at radius 2 is 2.08 bits per heavy atom. The molecule has 0 aliphatic heterocycles. The summed E-state index contributed by atoms with van der Waals surface area (Å²) in [5.74, 6) is -1.19. The van der Waals surface area contributed by atoms with Crippen LogP contribution in [0.15, 0.2) is 0 Å². The Bertz CT molecular complexity index is 139. The SMILES string of the molecule is CN(C)CCCNC(=O)C(F)F. The largest absolute Gasteiger partial charge is 0.351 e. The average molecular weight is 180 g/mol. The second-order valence-electron chi connectivity index (χ2n) is 2.75. The van der Waals surface area contributed by atoms with Crippen molar-refractivity contribution < 1.29 is 13.6 Å². The summed E-state index contributed by atoms with van der Waals surface area (Å²) in [5, 5.41) is 2.12. The van der Waals surface area contributed by atoms with Gasteiger partial charge in [-0.1, -0.05) is 0 Å². The van der Waals surface area contributed by atoms with E-state index in [4.69, 9.17) is 0 Å².